The molecular formula is C21H18ClF3O. The molecule has 1 saturated carbocycles. The van der Waals surface area contributed by atoms with Gasteiger partial charge in [-0.05, 0) is 54.7 Å². The van der Waals surface area contributed by atoms with E-state index in [0.29, 0.717) is 29.9 Å². The molecule has 0 radical (unpaired) electrons. The molecular weight excluding hydrogens is 361 g/mol. The van der Waals surface area contributed by atoms with Crippen molar-refractivity contribution in [3.05, 3.63) is 76.3 Å². The summed E-state index contributed by atoms with van der Waals surface area (Å²) in [6.45, 7) is 3.82. The lowest BCUT2D eigenvalue weighted by Crippen LogP contribution is -2.52. The van der Waals surface area contributed by atoms with Crippen LogP contribution in [0.3, 0.4) is 0 Å². The van der Waals surface area contributed by atoms with Crippen molar-refractivity contribution in [2.75, 3.05) is 6.61 Å². The van der Waals surface area contributed by atoms with Crippen molar-refractivity contribution >= 4 is 11.6 Å². The maximum absolute atomic E-state index is 15.0. The minimum absolute atomic E-state index is 0.00114. The molecule has 3 atom stereocenters. The molecule has 4 rings (SSSR count). The number of hydrogen-bond donors (Lipinski definition) is 0. The summed E-state index contributed by atoms with van der Waals surface area (Å²) >= 11 is 5.96. The van der Waals surface area contributed by atoms with Crippen LogP contribution in [0, 0.1) is 17.6 Å². The van der Waals surface area contributed by atoms with Crippen molar-refractivity contribution in [1.82, 2.24) is 0 Å². The number of hydrogen-bond acceptors (Lipinski definition) is 1. The zero-order chi connectivity index (χ0) is 18.5. The van der Waals surface area contributed by atoms with Gasteiger partial charge in [0.2, 0.25) is 0 Å². The van der Waals surface area contributed by atoms with E-state index in [0.717, 1.165) is 17.7 Å². The monoisotopic (exact) mass is 378 g/mol. The molecule has 1 nitrogen and oxygen atoms in total. The third kappa shape index (κ3) is 2.62. The Morgan fingerprint density at radius 1 is 1.12 bits per heavy atom. The van der Waals surface area contributed by atoms with E-state index in [2.05, 4.69) is 6.58 Å². The standard InChI is InChI=1S/C21H18ClF3O/c1-12-8-9-21(10-13-2-4-14(22)5-3-13)15(19(12)25)11-26-20-17(24)7-6-16(23)18(20)21/h2-7,15,19H,1,8-11H2/t15-,19+,21-/m0/s1. The van der Waals surface area contributed by atoms with Crippen LogP contribution in [0.4, 0.5) is 13.2 Å². The molecule has 0 spiro atoms. The summed E-state index contributed by atoms with van der Waals surface area (Å²) in [6.07, 6.45) is 0.00259. The van der Waals surface area contributed by atoms with E-state index in [1.165, 1.54) is 0 Å². The quantitative estimate of drug-likeness (QED) is 0.600. The molecule has 2 aliphatic rings. The zero-order valence-corrected chi connectivity index (χ0v) is 14.8. The normalized spacial score (nSPS) is 27.5. The SMILES string of the molecule is C=C1CC[C@@]2(Cc3ccc(Cl)cc3)c3c(F)ccc(F)c3OC[C@H]2[C@@H]1F. The van der Waals surface area contributed by atoms with E-state index < -0.39 is 29.1 Å². The van der Waals surface area contributed by atoms with E-state index in [-0.39, 0.29) is 17.9 Å². The van der Waals surface area contributed by atoms with E-state index in [1.54, 1.807) is 12.1 Å². The highest BCUT2D eigenvalue weighted by Gasteiger charge is 2.54. The molecule has 0 amide bonds. The summed E-state index contributed by atoms with van der Waals surface area (Å²) in [5.74, 6) is -1.87. The summed E-state index contributed by atoms with van der Waals surface area (Å²) in [5, 5.41) is 0.591. The fraction of sp³-hybridized carbons (Fsp3) is 0.333. The van der Waals surface area contributed by atoms with Gasteiger partial charge in [0.15, 0.2) is 11.6 Å². The van der Waals surface area contributed by atoms with Gasteiger partial charge >= 0.3 is 0 Å². The lowest BCUT2D eigenvalue weighted by atomic mass is 9.57. The highest BCUT2D eigenvalue weighted by atomic mass is 35.5. The molecule has 0 saturated heterocycles. The van der Waals surface area contributed by atoms with Crippen LogP contribution < -0.4 is 4.74 Å². The molecule has 0 unspecified atom stereocenters. The molecule has 1 aliphatic heterocycles. The predicted octanol–water partition coefficient (Wildman–Crippen LogP) is 5.80. The maximum atomic E-state index is 15.0. The first-order valence-electron chi connectivity index (χ1n) is 8.60. The second-order valence-corrected chi connectivity index (χ2v) is 7.61. The van der Waals surface area contributed by atoms with E-state index >= 15 is 4.39 Å². The van der Waals surface area contributed by atoms with Crippen LogP contribution in [-0.2, 0) is 11.8 Å². The Kier molecular flexibility index (Phi) is 4.26. The van der Waals surface area contributed by atoms with Gasteiger partial charge in [-0.3, -0.25) is 0 Å². The van der Waals surface area contributed by atoms with Gasteiger partial charge in [0.05, 0.1) is 6.61 Å². The molecule has 2 aromatic rings. The van der Waals surface area contributed by atoms with Crippen LogP contribution in [0.1, 0.15) is 24.0 Å². The summed E-state index contributed by atoms with van der Waals surface area (Å²) in [4.78, 5) is 0. The first-order chi connectivity index (χ1) is 12.4. The Labute approximate surface area is 155 Å². The van der Waals surface area contributed by atoms with Crippen LogP contribution in [0.25, 0.3) is 0 Å². The lowest BCUT2D eigenvalue weighted by Gasteiger charge is -2.50. The van der Waals surface area contributed by atoms with Gasteiger partial charge in [-0.1, -0.05) is 30.3 Å². The topological polar surface area (TPSA) is 9.23 Å². The van der Waals surface area contributed by atoms with Gasteiger partial charge in [0.1, 0.15) is 12.0 Å². The summed E-state index contributed by atoms with van der Waals surface area (Å²) in [6, 6.07) is 9.34. The van der Waals surface area contributed by atoms with Crippen molar-refractivity contribution < 1.29 is 17.9 Å². The van der Waals surface area contributed by atoms with Crippen LogP contribution in [0.15, 0.2) is 48.6 Å². The molecule has 26 heavy (non-hydrogen) atoms. The number of halogens is 4. The van der Waals surface area contributed by atoms with Gasteiger partial charge in [-0.15, -0.1) is 0 Å². The summed E-state index contributed by atoms with van der Waals surface area (Å²) in [7, 11) is 0. The largest absolute Gasteiger partial charge is 0.490 e. The van der Waals surface area contributed by atoms with Gasteiger partial charge in [-0.2, -0.15) is 0 Å². The van der Waals surface area contributed by atoms with E-state index in [4.69, 9.17) is 16.3 Å². The lowest BCUT2D eigenvalue weighted by molar-refractivity contribution is 0.0409. The molecule has 5 heteroatoms. The van der Waals surface area contributed by atoms with Crippen LogP contribution in [0.5, 0.6) is 5.75 Å². The molecule has 1 aliphatic carbocycles. The highest BCUT2D eigenvalue weighted by molar-refractivity contribution is 6.30. The Morgan fingerprint density at radius 3 is 2.54 bits per heavy atom. The third-order valence-corrected chi connectivity index (χ3v) is 5.99. The van der Waals surface area contributed by atoms with Gasteiger partial charge < -0.3 is 4.74 Å². The average Bonchev–Trinajstić information content (AvgIpc) is 2.63. The molecule has 0 N–H and O–H groups in total. The molecule has 1 heterocycles. The number of alkyl halides is 1. The van der Waals surface area contributed by atoms with Crippen molar-refractivity contribution in [3.8, 4) is 5.75 Å². The highest BCUT2D eigenvalue weighted by Crippen LogP contribution is 2.54. The van der Waals surface area contributed by atoms with Crippen molar-refractivity contribution in [1.29, 1.82) is 0 Å². The first kappa shape index (κ1) is 17.5. The van der Waals surface area contributed by atoms with E-state index in [9.17, 15) is 8.78 Å². The van der Waals surface area contributed by atoms with Crippen molar-refractivity contribution in [2.24, 2.45) is 5.92 Å². The predicted molar refractivity (Wildman–Crippen MR) is 95.4 cm³/mol. The van der Waals surface area contributed by atoms with Gasteiger partial charge in [-0.25, -0.2) is 13.2 Å². The molecule has 2 aromatic carbocycles. The number of fused-ring (bicyclic) bond motifs is 3. The number of benzene rings is 2. The van der Waals surface area contributed by atoms with E-state index in [1.807, 2.05) is 12.1 Å². The smallest absolute Gasteiger partial charge is 0.165 e. The number of ether oxygens (including phenoxy) is 1. The molecule has 0 aromatic heterocycles. The second kappa shape index (κ2) is 6.34. The molecule has 0 bridgehead atoms. The Bertz CT molecular complexity index is 864. The second-order valence-electron chi connectivity index (χ2n) is 7.17. The molecule has 1 fully saturated rings. The Morgan fingerprint density at radius 2 is 1.81 bits per heavy atom. The minimum Gasteiger partial charge on any atom is -0.490 e. The first-order valence-corrected chi connectivity index (χ1v) is 8.97. The zero-order valence-electron chi connectivity index (χ0n) is 14.1. The van der Waals surface area contributed by atoms with Crippen LogP contribution in [-0.4, -0.2) is 12.8 Å². The third-order valence-electron chi connectivity index (χ3n) is 5.74. The summed E-state index contributed by atoms with van der Waals surface area (Å²) < 4.78 is 49.7. The summed E-state index contributed by atoms with van der Waals surface area (Å²) in [5.41, 5.74) is 0.661. The Balaban J connectivity index is 1.89. The minimum atomic E-state index is -1.31. The fourth-order valence-electron chi connectivity index (χ4n) is 4.41. The van der Waals surface area contributed by atoms with Crippen LogP contribution >= 0.6 is 11.6 Å². The number of allylic oxidation sites excluding steroid dienone is 1. The molecule has 136 valence electrons. The van der Waals surface area contributed by atoms with Crippen LogP contribution in [0.2, 0.25) is 5.02 Å². The Hall–Kier alpha value is -1.94. The van der Waals surface area contributed by atoms with Crippen molar-refractivity contribution in [3.63, 3.8) is 0 Å². The maximum Gasteiger partial charge on any atom is 0.165 e. The number of rotatable bonds is 2. The van der Waals surface area contributed by atoms with Gasteiger partial charge in [0, 0.05) is 21.9 Å². The van der Waals surface area contributed by atoms with Gasteiger partial charge in [0.25, 0.3) is 0 Å². The average molecular weight is 379 g/mol. The fourth-order valence-corrected chi connectivity index (χ4v) is 4.54. The van der Waals surface area contributed by atoms with Crippen molar-refractivity contribution in [2.45, 2.75) is 30.8 Å².